The Balaban J connectivity index is 1.63. The number of aryl methyl sites for hydroxylation is 1. The Hall–Kier alpha value is -2.49. The highest BCUT2D eigenvalue weighted by atomic mass is 32.2. The molecule has 31 heavy (non-hydrogen) atoms. The van der Waals surface area contributed by atoms with Gasteiger partial charge in [0.05, 0.1) is 15.1 Å². The van der Waals surface area contributed by atoms with Crippen LogP contribution in [0.25, 0.3) is 10.2 Å². The molecular weight excluding hydrogens is 434 g/mol. The summed E-state index contributed by atoms with van der Waals surface area (Å²) in [4.78, 5) is 25.2. The number of carbonyl (C=O) groups is 1. The van der Waals surface area contributed by atoms with E-state index in [9.17, 15) is 18.0 Å². The fourth-order valence-electron chi connectivity index (χ4n) is 3.89. The van der Waals surface area contributed by atoms with Crippen LogP contribution in [0.3, 0.4) is 0 Å². The van der Waals surface area contributed by atoms with E-state index in [1.54, 1.807) is 35.8 Å². The fourth-order valence-corrected chi connectivity index (χ4v) is 6.71. The van der Waals surface area contributed by atoms with Gasteiger partial charge in [0.1, 0.15) is 0 Å². The average molecular weight is 460 g/mol. The third-order valence-corrected chi connectivity index (χ3v) is 8.48. The predicted octanol–water partition coefficient (Wildman–Crippen LogP) is 3.99. The maximum absolute atomic E-state index is 13.0. The topological polar surface area (TPSA) is 88.5 Å². The lowest BCUT2D eigenvalue weighted by atomic mass is 10.1. The number of amides is 1. The van der Waals surface area contributed by atoms with E-state index < -0.39 is 15.9 Å². The van der Waals surface area contributed by atoms with Crippen molar-refractivity contribution in [3.05, 3.63) is 57.2 Å². The zero-order valence-corrected chi connectivity index (χ0v) is 19.3. The normalized spacial score (nSPS) is 15.1. The Labute approximate surface area is 185 Å². The molecule has 1 aliphatic heterocycles. The number of nitrogens with one attached hydrogen (secondary N) is 1. The molecule has 0 aliphatic carbocycles. The molecule has 0 spiro atoms. The Morgan fingerprint density at radius 1 is 1.10 bits per heavy atom. The summed E-state index contributed by atoms with van der Waals surface area (Å²) < 4.78 is 30.0. The van der Waals surface area contributed by atoms with Crippen LogP contribution in [0, 0.1) is 6.92 Å². The van der Waals surface area contributed by atoms with Crippen molar-refractivity contribution in [3.8, 4) is 0 Å². The summed E-state index contributed by atoms with van der Waals surface area (Å²) in [6.07, 6.45) is 1.71. The van der Waals surface area contributed by atoms with Crippen LogP contribution in [0.5, 0.6) is 0 Å². The third kappa shape index (κ3) is 4.05. The van der Waals surface area contributed by atoms with Gasteiger partial charge in [-0.2, -0.15) is 4.31 Å². The summed E-state index contributed by atoms with van der Waals surface area (Å²) in [6, 6.07) is 10.1. The van der Waals surface area contributed by atoms with E-state index in [1.807, 2.05) is 19.9 Å². The summed E-state index contributed by atoms with van der Waals surface area (Å²) >= 11 is 1.14. The molecule has 9 heteroatoms. The quantitative estimate of drug-likeness (QED) is 0.625. The lowest BCUT2D eigenvalue weighted by Crippen LogP contribution is -2.28. The Kier molecular flexibility index (Phi) is 5.76. The number of fused-ring (bicyclic) bond motifs is 1. The number of hydrogen-bond donors (Lipinski definition) is 1. The van der Waals surface area contributed by atoms with E-state index in [4.69, 9.17) is 0 Å². The molecule has 164 valence electrons. The molecule has 4 rings (SSSR count). The molecule has 7 nitrogen and oxygen atoms in total. The highest BCUT2D eigenvalue weighted by molar-refractivity contribution is 7.89. The largest absolute Gasteiger partial charge is 0.322 e. The lowest BCUT2D eigenvalue weighted by Gasteiger charge is -2.18. The smallest absolute Gasteiger partial charge is 0.308 e. The Bertz CT molecular complexity index is 1320. The minimum atomic E-state index is -3.62. The molecule has 1 fully saturated rings. The molecule has 2 aromatic carbocycles. The zero-order chi connectivity index (χ0) is 22.3. The zero-order valence-electron chi connectivity index (χ0n) is 17.7. The number of sulfonamides is 1. The van der Waals surface area contributed by atoms with Gasteiger partial charge in [-0.3, -0.25) is 14.2 Å². The second-order valence-corrected chi connectivity index (χ2v) is 11.0. The van der Waals surface area contributed by atoms with Gasteiger partial charge in [0.15, 0.2) is 0 Å². The summed E-state index contributed by atoms with van der Waals surface area (Å²) in [5.74, 6) is -0.395. The molecule has 1 aromatic heterocycles. The molecule has 3 aromatic rings. The number of carbonyl (C=O) groups excluding carboxylic acids is 1. The van der Waals surface area contributed by atoms with Crippen molar-refractivity contribution in [2.75, 3.05) is 18.4 Å². The molecule has 1 N–H and O–H groups in total. The van der Waals surface area contributed by atoms with E-state index in [2.05, 4.69) is 5.32 Å². The van der Waals surface area contributed by atoms with E-state index in [0.717, 1.165) is 34.4 Å². The van der Waals surface area contributed by atoms with Gasteiger partial charge < -0.3 is 5.32 Å². The molecule has 0 atom stereocenters. The summed E-state index contributed by atoms with van der Waals surface area (Å²) in [5.41, 5.74) is 2.28. The standard InChI is InChI=1S/C22H25N3O4S2/c1-14(2)25-18-9-8-17(13-19(18)30-22(25)27)23-21(26)16-7-6-15(3)20(12-16)31(28,29)24-10-4-5-11-24/h6-9,12-14H,4-5,10-11H2,1-3H3,(H,23,26). The first-order valence-corrected chi connectivity index (χ1v) is 12.5. The second-order valence-electron chi connectivity index (χ2n) is 8.06. The van der Waals surface area contributed by atoms with Gasteiger partial charge in [-0.05, 0) is 69.5 Å². The van der Waals surface area contributed by atoms with Crippen molar-refractivity contribution >= 4 is 43.2 Å². The molecule has 0 unspecified atom stereocenters. The molecule has 1 saturated heterocycles. The summed E-state index contributed by atoms with van der Waals surface area (Å²) in [5, 5.41) is 2.82. The van der Waals surface area contributed by atoms with Crippen LogP contribution in [0.15, 0.2) is 46.1 Å². The Morgan fingerprint density at radius 3 is 2.48 bits per heavy atom. The number of thiazole rings is 1. The van der Waals surface area contributed by atoms with Crippen LogP contribution < -0.4 is 10.2 Å². The van der Waals surface area contributed by atoms with Crippen molar-refractivity contribution in [2.45, 2.75) is 44.6 Å². The minimum absolute atomic E-state index is 0.0382. The maximum atomic E-state index is 13.0. The second kappa shape index (κ2) is 8.22. The maximum Gasteiger partial charge on any atom is 0.308 e. The predicted molar refractivity (Wildman–Crippen MR) is 124 cm³/mol. The van der Waals surface area contributed by atoms with Crippen LogP contribution in [0.2, 0.25) is 0 Å². The lowest BCUT2D eigenvalue weighted by molar-refractivity contribution is 0.102. The molecular formula is C22H25N3O4S2. The van der Waals surface area contributed by atoms with E-state index in [1.165, 1.54) is 10.4 Å². The van der Waals surface area contributed by atoms with Gasteiger partial charge >= 0.3 is 4.87 Å². The van der Waals surface area contributed by atoms with Crippen LogP contribution in [0.4, 0.5) is 5.69 Å². The number of rotatable bonds is 5. The first kappa shape index (κ1) is 21.7. The summed E-state index contributed by atoms with van der Waals surface area (Å²) in [7, 11) is -3.62. The average Bonchev–Trinajstić information content (AvgIpc) is 3.35. The van der Waals surface area contributed by atoms with Gasteiger partial charge in [-0.1, -0.05) is 17.4 Å². The van der Waals surface area contributed by atoms with Crippen LogP contribution in [-0.2, 0) is 10.0 Å². The minimum Gasteiger partial charge on any atom is -0.322 e. The van der Waals surface area contributed by atoms with Crippen LogP contribution >= 0.6 is 11.3 Å². The molecule has 0 saturated carbocycles. The van der Waals surface area contributed by atoms with Gasteiger partial charge in [-0.25, -0.2) is 8.42 Å². The van der Waals surface area contributed by atoms with E-state index >= 15 is 0 Å². The van der Waals surface area contributed by atoms with Gasteiger partial charge in [-0.15, -0.1) is 0 Å². The fraction of sp³-hybridized carbons (Fsp3) is 0.364. The van der Waals surface area contributed by atoms with Crippen molar-refractivity contribution < 1.29 is 13.2 Å². The van der Waals surface area contributed by atoms with Gasteiger partial charge in [0.25, 0.3) is 5.91 Å². The third-order valence-electron chi connectivity index (χ3n) is 5.52. The highest BCUT2D eigenvalue weighted by Gasteiger charge is 2.29. The summed E-state index contributed by atoms with van der Waals surface area (Å²) in [6.45, 7) is 6.66. The highest BCUT2D eigenvalue weighted by Crippen LogP contribution is 2.27. The van der Waals surface area contributed by atoms with Crippen molar-refractivity contribution in [3.63, 3.8) is 0 Å². The molecule has 0 radical (unpaired) electrons. The SMILES string of the molecule is Cc1ccc(C(=O)Nc2ccc3c(c2)sc(=O)n3C(C)C)cc1S(=O)(=O)N1CCCC1. The number of benzene rings is 2. The van der Waals surface area contributed by atoms with Crippen molar-refractivity contribution in [2.24, 2.45) is 0 Å². The molecule has 1 aliphatic rings. The first-order valence-electron chi connectivity index (χ1n) is 10.3. The van der Waals surface area contributed by atoms with E-state index in [0.29, 0.717) is 24.3 Å². The monoisotopic (exact) mass is 459 g/mol. The van der Waals surface area contributed by atoms with E-state index in [-0.39, 0.29) is 21.4 Å². The number of aromatic nitrogens is 1. The van der Waals surface area contributed by atoms with Crippen LogP contribution in [0.1, 0.15) is 48.7 Å². The van der Waals surface area contributed by atoms with Crippen molar-refractivity contribution in [1.29, 1.82) is 0 Å². The van der Waals surface area contributed by atoms with Crippen molar-refractivity contribution in [1.82, 2.24) is 8.87 Å². The number of hydrogen-bond acceptors (Lipinski definition) is 5. The number of anilines is 1. The van der Waals surface area contributed by atoms with Gasteiger partial charge in [0, 0.05) is 30.4 Å². The number of nitrogens with zero attached hydrogens (tertiary/aromatic N) is 2. The molecule has 2 heterocycles. The van der Waals surface area contributed by atoms with Gasteiger partial charge in [0.2, 0.25) is 10.0 Å². The molecule has 1 amide bonds. The first-order chi connectivity index (χ1) is 14.7. The Morgan fingerprint density at radius 2 is 1.81 bits per heavy atom. The molecule has 0 bridgehead atoms. The van der Waals surface area contributed by atoms with Crippen LogP contribution in [-0.4, -0.2) is 36.3 Å².